The van der Waals surface area contributed by atoms with Crippen molar-refractivity contribution in [1.29, 1.82) is 0 Å². The maximum absolute atomic E-state index is 11.8. The maximum Gasteiger partial charge on any atom is 0.159 e. The first-order valence-electron chi connectivity index (χ1n) is 8.46. The van der Waals surface area contributed by atoms with Gasteiger partial charge in [0, 0.05) is 17.0 Å². The highest BCUT2D eigenvalue weighted by molar-refractivity contribution is 5.94. The van der Waals surface area contributed by atoms with Crippen LogP contribution in [0.15, 0.2) is 18.2 Å². The van der Waals surface area contributed by atoms with Crippen molar-refractivity contribution in [3.8, 4) is 0 Å². The number of carbonyl (C=O) groups excluding carboxylic acids is 1. The number of piperidine rings is 1. The van der Waals surface area contributed by atoms with Crippen molar-refractivity contribution < 1.29 is 4.79 Å². The molecule has 1 aromatic carbocycles. The number of carbonyl (C=O) groups is 1. The molecule has 0 N–H and O–H groups in total. The summed E-state index contributed by atoms with van der Waals surface area (Å²) in [5.74, 6) is 1.01. The second kappa shape index (κ2) is 4.67. The van der Waals surface area contributed by atoms with Gasteiger partial charge in [0.05, 0.1) is 0 Å². The largest absolute Gasteiger partial charge is 0.303 e. The summed E-state index contributed by atoms with van der Waals surface area (Å²) in [6, 6.07) is 7.24. The van der Waals surface area contributed by atoms with E-state index in [9.17, 15) is 4.79 Å². The first kappa shape index (κ1) is 13.5. The summed E-state index contributed by atoms with van der Waals surface area (Å²) in [5, 5.41) is 0. The van der Waals surface area contributed by atoms with Crippen molar-refractivity contribution in [2.45, 2.75) is 56.9 Å². The molecular weight excluding hydrogens is 258 g/mol. The van der Waals surface area contributed by atoms with Gasteiger partial charge >= 0.3 is 0 Å². The van der Waals surface area contributed by atoms with E-state index < -0.39 is 0 Å². The number of fused-ring (bicyclic) bond motifs is 1. The molecule has 2 aliphatic carbocycles. The molecule has 1 saturated carbocycles. The third-order valence-electron chi connectivity index (χ3n) is 6.52. The third kappa shape index (κ3) is 1.85. The van der Waals surface area contributed by atoms with Crippen LogP contribution in [0.25, 0.3) is 0 Å². The first-order chi connectivity index (χ1) is 10.1. The van der Waals surface area contributed by atoms with Crippen LogP contribution in [0.1, 0.15) is 60.5 Å². The maximum atomic E-state index is 11.8. The Morgan fingerprint density at radius 1 is 1.29 bits per heavy atom. The molecule has 0 radical (unpaired) electrons. The topological polar surface area (TPSA) is 20.3 Å². The molecule has 2 bridgehead atoms. The highest BCUT2D eigenvalue weighted by Gasteiger charge is 2.52. The van der Waals surface area contributed by atoms with Gasteiger partial charge in [0.2, 0.25) is 0 Å². The van der Waals surface area contributed by atoms with Crippen LogP contribution < -0.4 is 0 Å². The number of hydrogen-bond acceptors (Lipinski definition) is 2. The zero-order valence-corrected chi connectivity index (χ0v) is 13.2. The highest BCUT2D eigenvalue weighted by atomic mass is 16.1. The molecule has 1 heterocycles. The van der Waals surface area contributed by atoms with Gasteiger partial charge in [-0.2, -0.15) is 0 Å². The summed E-state index contributed by atoms with van der Waals surface area (Å²) in [5.41, 5.74) is 4.32. The fraction of sp³-hybridized carbons (Fsp3) is 0.632. The standard InChI is InChI=1S/C19H25NO/c1-13(21)14-6-7-15-12-18-16-5-3-4-8-19(16,17(15)11-14)9-10-20(18)2/h6-7,11,16,18H,3-5,8-10,12H2,1-2H3/t16-,18+,19+/m0/s1. The van der Waals surface area contributed by atoms with Gasteiger partial charge in [-0.3, -0.25) is 4.79 Å². The van der Waals surface area contributed by atoms with E-state index in [2.05, 4.69) is 24.1 Å². The Balaban J connectivity index is 1.89. The van der Waals surface area contributed by atoms with E-state index >= 15 is 0 Å². The quantitative estimate of drug-likeness (QED) is 0.734. The summed E-state index contributed by atoms with van der Waals surface area (Å²) in [4.78, 5) is 14.4. The fourth-order valence-corrected chi connectivity index (χ4v) is 5.42. The Bertz CT molecular complexity index is 593. The van der Waals surface area contributed by atoms with Gasteiger partial charge in [-0.25, -0.2) is 0 Å². The second-order valence-corrected chi connectivity index (χ2v) is 7.44. The van der Waals surface area contributed by atoms with Crippen LogP contribution in [0.3, 0.4) is 0 Å². The zero-order valence-electron chi connectivity index (χ0n) is 13.2. The lowest BCUT2D eigenvalue weighted by Gasteiger charge is -2.58. The zero-order chi connectivity index (χ0) is 14.6. The SMILES string of the molecule is CC(=O)c1ccc2c(c1)[C@@]13CCCC[C@H]1[C@@H](C2)N(C)CC3. The van der Waals surface area contributed by atoms with E-state index in [4.69, 9.17) is 0 Å². The minimum absolute atomic E-state index is 0.205. The molecule has 2 fully saturated rings. The van der Waals surface area contributed by atoms with E-state index in [1.54, 1.807) is 6.92 Å². The minimum Gasteiger partial charge on any atom is -0.303 e. The van der Waals surface area contributed by atoms with Crippen LogP contribution in [-0.2, 0) is 11.8 Å². The molecule has 1 aliphatic heterocycles. The molecule has 4 rings (SSSR count). The van der Waals surface area contributed by atoms with Crippen LogP contribution in [0.5, 0.6) is 0 Å². The molecular formula is C19H25NO. The lowest BCUT2D eigenvalue weighted by atomic mass is 9.52. The Labute approximate surface area is 127 Å². The van der Waals surface area contributed by atoms with Gasteiger partial charge in [0.25, 0.3) is 0 Å². The van der Waals surface area contributed by atoms with E-state index in [1.807, 2.05) is 6.07 Å². The predicted octanol–water partition coefficient (Wildman–Crippen LogP) is 3.58. The number of likely N-dealkylation sites (tertiary alicyclic amines) is 1. The van der Waals surface area contributed by atoms with Crippen molar-refractivity contribution in [3.63, 3.8) is 0 Å². The minimum atomic E-state index is 0.205. The Morgan fingerprint density at radius 2 is 2.14 bits per heavy atom. The Hall–Kier alpha value is -1.15. The van der Waals surface area contributed by atoms with Crippen LogP contribution in [0, 0.1) is 5.92 Å². The Morgan fingerprint density at radius 3 is 2.95 bits per heavy atom. The van der Waals surface area contributed by atoms with Gasteiger partial charge in [-0.1, -0.05) is 25.0 Å². The van der Waals surface area contributed by atoms with E-state index in [0.29, 0.717) is 5.41 Å². The number of Topliss-reactive ketones (excluding diaryl/α,β-unsaturated/α-hetero) is 1. The first-order valence-corrected chi connectivity index (χ1v) is 8.46. The average Bonchev–Trinajstić information content (AvgIpc) is 2.50. The number of hydrogen-bond donors (Lipinski definition) is 0. The molecule has 2 nitrogen and oxygen atoms in total. The van der Waals surface area contributed by atoms with Crippen molar-refractivity contribution in [1.82, 2.24) is 4.90 Å². The predicted molar refractivity (Wildman–Crippen MR) is 84.8 cm³/mol. The third-order valence-corrected chi connectivity index (χ3v) is 6.52. The summed E-state index contributed by atoms with van der Waals surface area (Å²) >= 11 is 0. The monoisotopic (exact) mass is 283 g/mol. The molecule has 3 aliphatic rings. The molecule has 1 saturated heterocycles. The average molecular weight is 283 g/mol. The van der Waals surface area contributed by atoms with Gasteiger partial charge in [-0.15, -0.1) is 0 Å². The van der Waals surface area contributed by atoms with Gasteiger partial charge in [0.1, 0.15) is 0 Å². The van der Waals surface area contributed by atoms with Gasteiger partial charge in [-0.05, 0) is 69.3 Å². The normalized spacial score (nSPS) is 35.0. The van der Waals surface area contributed by atoms with E-state index in [1.165, 1.54) is 56.2 Å². The molecule has 2 heteroatoms. The summed E-state index contributed by atoms with van der Waals surface area (Å²) in [6.45, 7) is 2.91. The van der Waals surface area contributed by atoms with Crippen molar-refractivity contribution >= 4 is 5.78 Å². The molecule has 0 aromatic heterocycles. The van der Waals surface area contributed by atoms with Crippen LogP contribution in [0.2, 0.25) is 0 Å². The number of nitrogens with zero attached hydrogens (tertiary/aromatic N) is 1. The van der Waals surface area contributed by atoms with E-state index in [0.717, 1.165) is 17.5 Å². The molecule has 112 valence electrons. The molecule has 0 spiro atoms. The summed E-state index contributed by atoms with van der Waals surface area (Å²) in [6.07, 6.45) is 7.90. The van der Waals surface area contributed by atoms with E-state index in [-0.39, 0.29) is 5.78 Å². The molecule has 1 aromatic rings. The summed E-state index contributed by atoms with van der Waals surface area (Å²) in [7, 11) is 2.30. The fourth-order valence-electron chi connectivity index (χ4n) is 5.42. The highest BCUT2D eigenvalue weighted by Crippen LogP contribution is 2.55. The smallest absolute Gasteiger partial charge is 0.159 e. The van der Waals surface area contributed by atoms with Crippen LogP contribution in [0.4, 0.5) is 0 Å². The molecule has 0 unspecified atom stereocenters. The molecule has 21 heavy (non-hydrogen) atoms. The number of ketones is 1. The Kier molecular flexibility index (Phi) is 3.01. The lowest BCUT2D eigenvalue weighted by Crippen LogP contribution is -2.59. The van der Waals surface area contributed by atoms with Crippen LogP contribution in [-0.4, -0.2) is 30.3 Å². The lowest BCUT2D eigenvalue weighted by molar-refractivity contribution is 0.00283. The molecule has 0 amide bonds. The van der Waals surface area contributed by atoms with Crippen molar-refractivity contribution in [3.05, 3.63) is 34.9 Å². The molecule has 3 atom stereocenters. The number of rotatable bonds is 1. The van der Waals surface area contributed by atoms with Crippen molar-refractivity contribution in [2.24, 2.45) is 5.92 Å². The van der Waals surface area contributed by atoms with Gasteiger partial charge < -0.3 is 4.90 Å². The summed E-state index contributed by atoms with van der Waals surface area (Å²) < 4.78 is 0. The second-order valence-electron chi connectivity index (χ2n) is 7.44. The number of likely N-dealkylation sites (N-methyl/N-ethyl adjacent to an activating group) is 1. The van der Waals surface area contributed by atoms with Crippen LogP contribution >= 0.6 is 0 Å². The van der Waals surface area contributed by atoms with Gasteiger partial charge in [0.15, 0.2) is 5.78 Å². The number of benzene rings is 1. The van der Waals surface area contributed by atoms with Crippen molar-refractivity contribution in [2.75, 3.05) is 13.6 Å².